The smallest absolute Gasteiger partial charge is 0.223 e. The van der Waals surface area contributed by atoms with Crippen molar-refractivity contribution in [2.45, 2.75) is 18.9 Å². The Bertz CT molecular complexity index is 1150. The molecule has 1 fully saturated rings. The number of carbonyl (C=O) groups excluding carboxylic acids is 1. The van der Waals surface area contributed by atoms with Gasteiger partial charge in [-0.25, -0.2) is 0 Å². The number of hydrogen-bond acceptors (Lipinski definition) is 2. The van der Waals surface area contributed by atoms with Crippen LogP contribution >= 0.6 is 0 Å². The number of amides is 1. The number of carbonyl (C=O) groups is 1. The highest BCUT2D eigenvalue weighted by atomic mass is 16.2. The largest absolute Gasteiger partial charge is 0.340 e. The van der Waals surface area contributed by atoms with Crippen molar-refractivity contribution in [3.63, 3.8) is 0 Å². The van der Waals surface area contributed by atoms with Gasteiger partial charge in [0.05, 0.1) is 0 Å². The second-order valence-electron chi connectivity index (χ2n) is 8.87. The molecule has 0 spiro atoms. The van der Waals surface area contributed by atoms with Crippen molar-refractivity contribution in [1.29, 1.82) is 0 Å². The van der Waals surface area contributed by atoms with E-state index in [4.69, 9.17) is 0 Å². The maximum atomic E-state index is 13.3. The number of fused-ring (bicyclic) bond motifs is 1. The van der Waals surface area contributed by atoms with Gasteiger partial charge in [-0.15, -0.1) is 0 Å². The van der Waals surface area contributed by atoms with E-state index >= 15 is 0 Å². The van der Waals surface area contributed by atoms with Gasteiger partial charge in [-0.05, 0) is 27.5 Å². The van der Waals surface area contributed by atoms with Crippen LogP contribution < -0.4 is 0 Å². The minimum atomic E-state index is 0.0913. The molecule has 5 rings (SSSR count). The van der Waals surface area contributed by atoms with Crippen LogP contribution in [0.25, 0.3) is 10.8 Å². The Hall–Kier alpha value is -3.43. The van der Waals surface area contributed by atoms with Gasteiger partial charge in [-0.3, -0.25) is 9.69 Å². The van der Waals surface area contributed by atoms with Crippen LogP contribution in [0, 0.1) is 0 Å². The van der Waals surface area contributed by atoms with Crippen LogP contribution in [0.5, 0.6) is 0 Å². The van der Waals surface area contributed by atoms with Crippen molar-refractivity contribution >= 4 is 16.7 Å². The molecule has 3 nitrogen and oxygen atoms in total. The Labute approximate surface area is 196 Å². The Morgan fingerprint density at radius 3 is 1.91 bits per heavy atom. The van der Waals surface area contributed by atoms with Crippen molar-refractivity contribution in [1.82, 2.24) is 9.80 Å². The van der Waals surface area contributed by atoms with E-state index in [0.29, 0.717) is 6.42 Å². The van der Waals surface area contributed by atoms with Gasteiger partial charge >= 0.3 is 0 Å². The first-order valence-electron chi connectivity index (χ1n) is 11.8. The van der Waals surface area contributed by atoms with Crippen LogP contribution in [-0.2, 0) is 11.3 Å². The third-order valence-corrected chi connectivity index (χ3v) is 6.78. The molecule has 0 radical (unpaired) electrons. The van der Waals surface area contributed by atoms with Gasteiger partial charge in [0.25, 0.3) is 0 Å². The quantitative estimate of drug-likeness (QED) is 0.388. The molecular weight excluding hydrogens is 404 g/mol. The van der Waals surface area contributed by atoms with Gasteiger partial charge in [-0.1, -0.05) is 103 Å². The summed E-state index contributed by atoms with van der Waals surface area (Å²) in [6.45, 7) is 4.34. The van der Waals surface area contributed by atoms with Crippen molar-refractivity contribution in [3.05, 3.63) is 120 Å². The molecule has 0 atom stereocenters. The van der Waals surface area contributed by atoms with Gasteiger partial charge in [-0.2, -0.15) is 0 Å². The molecule has 0 aliphatic carbocycles. The zero-order valence-corrected chi connectivity index (χ0v) is 18.9. The first-order chi connectivity index (χ1) is 16.3. The van der Waals surface area contributed by atoms with Crippen LogP contribution in [0.4, 0.5) is 0 Å². The number of nitrogens with zero attached hydrogens (tertiary/aromatic N) is 2. The summed E-state index contributed by atoms with van der Waals surface area (Å²) < 4.78 is 0. The van der Waals surface area contributed by atoms with E-state index < -0.39 is 0 Å². The van der Waals surface area contributed by atoms with Gasteiger partial charge in [0.15, 0.2) is 0 Å². The predicted octanol–water partition coefficient (Wildman–Crippen LogP) is 5.71. The summed E-state index contributed by atoms with van der Waals surface area (Å²) >= 11 is 0. The lowest BCUT2D eigenvalue weighted by Gasteiger charge is -2.35. The van der Waals surface area contributed by atoms with E-state index in [2.05, 4.69) is 101 Å². The standard InChI is InChI=1S/C30H30N2O/c33-30(22-29(25-10-3-1-4-11-25)26-12-5-2-6-13-26)32-20-18-31(19-21-32)23-27-16-9-15-24-14-7-8-17-28(24)27/h1-17,29H,18-23H2. The van der Waals surface area contributed by atoms with E-state index in [1.807, 2.05) is 12.1 Å². The topological polar surface area (TPSA) is 23.6 Å². The van der Waals surface area contributed by atoms with Crippen LogP contribution in [0.15, 0.2) is 103 Å². The lowest BCUT2D eigenvalue weighted by molar-refractivity contribution is -0.133. The monoisotopic (exact) mass is 434 g/mol. The summed E-state index contributed by atoms with van der Waals surface area (Å²) in [4.78, 5) is 17.8. The summed E-state index contributed by atoms with van der Waals surface area (Å²) in [5, 5.41) is 2.61. The molecule has 0 unspecified atom stereocenters. The van der Waals surface area contributed by atoms with E-state index in [9.17, 15) is 4.79 Å². The Balaban J connectivity index is 1.23. The zero-order valence-electron chi connectivity index (χ0n) is 18.9. The average molecular weight is 435 g/mol. The average Bonchev–Trinajstić information content (AvgIpc) is 2.89. The molecule has 1 amide bonds. The number of piperazine rings is 1. The van der Waals surface area contributed by atoms with Crippen LogP contribution in [0.1, 0.15) is 29.0 Å². The highest BCUT2D eigenvalue weighted by molar-refractivity contribution is 5.85. The summed E-state index contributed by atoms with van der Waals surface area (Å²) in [5.41, 5.74) is 3.76. The number of rotatable bonds is 6. The summed E-state index contributed by atoms with van der Waals surface area (Å²) in [6, 6.07) is 35.9. The summed E-state index contributed by atoms with van der Waals surface area (Å²) in [5.74, 6) is 0.339. The Morgan fingerprint density at radius 2 is 1.24 bits per heavy atom. The minimum Gasteiger partial charge on any atom is -0.340 e. The van der Waals surface area contributed by atoms with Gasteiger partial charge in [0, 0.05) is 45.1 Å². The maximum Gasteiger partial charge on any atom is 0.223 e. The second kappa shape index (κ2) is 10.0. The summed E-state index contributed by atoms with van der Waals surface area (Å²) in [7, 11) is 0. The van der Waals surface area contributed by atoms with Crippen LogP contribution in [0.3, 0.4) is 0 Å². The third kappa shape index (κ3) is 4.99. The van der Waals surface area contributed by atoms with E-state index in [1.165, 1.54) is 27.5 Å². The molecule has 0 N–H and O–H groups in total. The second-order valence-corrected chi connectivity index (χ2v) is 8.87. The van der Waals surface area contributed by atoms with Gasteiger partial charge in [0.1, 0.15) is 0 Å². The van der Waals surface area contributed by atoms with Gasteiger partial charge < -0.3 is 4.90 Å². The highest BCUT2D eigenvalue weighted by Gasteiger charge is 2.25. The Morgan fingerprint density at radius 1 is 0.667 bits per heavy atom. The SMILES string of the molecule is O=C(CC(c1ccccc1)c1ccccc1)N1CCN(Cc2cccc3ccccc23)CC1. The molecule has 33 heavy (non-hydrogen) atoms. The normalized spacial score (nSPS) is 14.6. The first-order valence-corrected chi connectivity index (χ1v) is 11.8. The first kappa shape index (κ1) is 21.4. The fourth-order valence-corrected chi connectivity index (χ4v) is 4.93. The predicted molar refractivity (Wildman–Crippen MR) is 135 cm³/mol. The molecule has 1 aliphatic heterocycles. The number of hydrogen-bond donors (Lipinski definition) is 0. The van der Waals surface area contributed by atoms with Crippen molar-refractivity contribution in [3.8, 4) is 0 Å². The third-order valence-electron chi connectivity index (χ3n) is 6.78. The lowest BCUT2D eigenvalue weighted by Crippen LogP contribution is -2.48. The Kier molecular flexibility index (Phi) is 6.50. The van der Waals surface area contributed by atoms with E-state index in [1.54, 1.807) is 0 Å². The van der Waals surface area contributed by atoms with E-state index in [0.717, 1.165) is 32.7 Å². The van der Waals surface area contributed by atoms with Crippen molar-refractivity contribution < 1.29 is 4.79 Å². The molecule has 0 aromatic heterocycles. The fourth-order valence-electron chi connectivity index (χ4n) is 4.93. The van der Waals surface area contributed by atoms with Crippen LogP contribution in [0.2, 0.25) is 0 Å². The molecule has 0 saturated carbocycles. The minimum absolute atomic E-state index is 0.0913. The highest BCUT2D eigenvalue weighted by Crippen LogP contribution is 2.29. The molecule has 3 heteroatoms. The maximum absolute atomic E-state index is 13.3. The molecular formula is C30H30N2O. The summed E-state index contributed by atoms with van der Waals surface area (Å²) in [6.07, 6.45) is 0.511. The molecule has 1 heterocycles. The van der Waals surface area contributed by atoms with E-state index in [-0.39, 0.29) is 11.8 Å². The van der Waals surface area contributed by atoms with Crippen LogP contribution in [-0.4, -0.2) is 41.9 Å². The molecule has 4 aromatic carbocycles. The molecule has 1 aliphatic rings. The fraction of sp³-hybridized carbons (Fsp3) is 0.233. The zero-order chi connectivity index (χ0) is 22.5. The van der Waals surface area contributed by atoms with Crippen molar-refractivity contribution in [2.75, 3.05) is 26.2 Å². The molecule has 1 saturated heterocycles. The van der Waals surface area contributed by atoms with Gasteiger partial charge in [0.2, 0.25) is 5.91 Å². The molecule has 4 aromatic rings. The lowest BCUT2D eigenvalue weighted by atomic mass is 9.88. The number of benzene rings is 4. The van der Waals surface area contributed by atoms with Crippen molar-refractivity contribution in [2.24, 2.45) is 0 Å². The molecule has 166 valence electrons. The molecule has 0 bridgehead atoms.